The summed E-state index contributed by atoms with van der Waals surface area (Å²) in [5, 5.41) is 0.682. The lowest BCUT2D eigenvalue weighted by molar-refractivity contribution is -0.139. The first-order valence-corrected chi connectivity index (χ1v) is 9.70. The normalized spacial score (nSPS) is 11.7. The van der Waals surface area contributed by atoms with Crippen LogP contribution in [0.4, 0.5) is 0 Å². The molecule has 0 spiro atoms. The van der Waals surface area contributed by atoms with Gasteiger partial charge in [0.1, 0.15) is 5.75 Å². The number of carbonyl (C=O) groups is 1. The van der Waals surface area contributed by atoms with Crippen LogP contribution in [0.15, 0.2) is 78.9 Å². The molecule has 0 heterocycles. The molecule has 3 aromatic rings. The fourth-order valence-electron chi connectivity index (χ4n) is 3.02. The van der Waals surface area contributed by atoms with Crippen molar-refractivity contribution in [3.63, 3.8) is 0 Å². The largest absolute Gasteiger partial charge is 0.481 e. The molecule has 1 amide bonds. The standard InChI is InChI=1S/C24H24ClNO2/c1-18-15-22(13-14-23(18)25)28-19(2)24(27)26(16-20-9-5-3-6-10-20)17-21-11-7-4-8-12-21/h3-15,19H,16-17H2,1-2H3/t19-/m1/s1. The molecular weight excluding hydrogens is 370 g/mol. The highest BCUT2D eigenvalue weighted by Crippen LogP contribution is 2.22. The number of nitrogens with zero attached hydrogens (tertiary/aromatic N) is 1. The fourth-order valence-corrected chi connectivity index (χ4v) is 3.14. The molecule has 0 unspecified atom stereocenters. The second-order valence-corrected chi connectivity index (χ2v) is 7.24. The zero-order valence-corrected chi connectivity index (χ0v) is 16.9. The van der Waals surface area contributed by atoms with Gasteiger partial charge in [-0.25, -0.2) is 0 Å². The Morgan fingerprint density at radius 3 is 1.96 bits per heavy atom. The monoisotopic (exact) mass is 393 g/mol. The van der Waals surface area contributed by atoms with Crippen LogP contribution in [-0.2, 0) is 17.9 Å². The second kappa shape index (κ2) is 9.43. The molecule has 1 atom stereocenters. The lowest BCUT2D eigenvalue weighted by atomic mass is 10.1. The molecule has 0 aliphatic rings. The van der Waals surface area contributed by atoms with E-state index in [9.17, 15) is 4.79 Å². The van der Waals surface area contributed by atoms with Gasteiger partial charge in [-0.2, -0.15) is 0 Å². The van der Waals surface area contributed by atoms with Gasteiger partial charge in [0.15, 0.2) is 6.10 Å². The van der Waals surface area contributed by atoms with E-state index in [1.807, 2.05) is 78.6 Å². The van der Waals surface area contributed by atoms with E-state index >= 15 is 0 Å². The third-order valence-electron chi connectivity index (χ3n) is 4.53. The van der Waals surface area contributed by atoms with Crippen molar-refractivity contribution in [1.29, 1.82) is 0 Å². The van der Waals surface area contributed by atoms with E-state index in [-0.39, 0.29) is 5.91 Å². The van der Waals surface area contributed by atoms with Crippen molar-refractivity contribution in [2.24, 2.45) is 0 Å². The number of hydrogen-bond acceptors (Lipinski definition) is 2. The average molecular weight is 394 g/mol. The number of carbonyl (C=O) groups excluding carboxylic acids is 1. The van der Waals surface area contributed by atoms with Gasteiger partial charge in [0.2, 0.25) is 0 Å². The molecule has 3 rings (SSSR count). The van der Waals surface area contributed by atoms with Crippen LogP contribution in [0.1, 0.15) is 23.6 Å². The molecule has 0 saturated carbocycles. The van der Waals surface area contributed by atoms with E-state index in [0.29, 0.717) is 23.9 Å². The van der Waals surface area contributed by atoms with Crippen molar-refractivity contribution >= 4 is 17.5 Å². The summed E-state index contributed by atoms with van der Waals surface area (Å²) in [5.74, 6) is 0.586. The van der Waals surface area contributed by atoms with Crippen LogP contribution in [0.3, 0.4) is 0 Å². The molecule has 0 bridgehead atoms. The minimum Gasteiger partial charge on any atom is -0.481 e. The van der Waals surface area contributed by atoms with Gasteiger partial charge in [-0.1, -0.05) is 72.3 Å². The topological polar surface area (TPSA) is 29.5 Å². The lowest BCUT2D eigenvalue weighted by Gasteiger charge is -2.26. The van der Waals surface area contributed by atoms with Crippen molar-refractivity contribution in [2.75, 3.05) is 0 Å². The van der Waals surface area contributed by atoms with Gasteiger partial charge < -0.3 is 9.64 Å². The summed E-state index contributed by atoms with van der Waals surface area (Å²) in [5.41, 5.74) is 3.09. The molecular formula is C24H24ClNO2. The number of amides is 1. The van der Waals surface area contributed by atoms with Crippen molar-refractivity contribution < 1.29 is 9.53 Å². The molecule has 4 heteroatoms. The maximum absolute atomic E-state index is 13.2. The Kier molecular flexibility index (Phi) is 6.72. The molecule has 0 N–H and O–H groups in total. The first-order valence-electron chi connectivity index (χ1n) is 9.32. The fraction of sp³-hybridized carbons (Fsp3) is 0.208. The SMILES string of the molecule is Cc1cc(O[C@H](C)C(=O)N(Cc2ccccc2)Cc2ccccc2)ccc1Cl. The molecule has 0 fully saturated rings. The minimum absolute atomic E-state index is 0.0553. The second-order valence-electron chi connectivity index (χ2n) is 6.84. The molecule has 3 nitrogen and oxygen atoms in total. The quantitative estimate of drug-likeness (QED) is 0.519. The Bertz CT molecular complexity index is 871. The van der Waals surface area contributed by atoms with Crippen molar-refractivity contribution in [2.45, 2.75) is 33.0 Å². The molecule has 0 aliphatic heterocycles. The molecule has 28 heavy (non-hydrogen) atoms. The van der Waals surface area contributed by atoms with Gasteiger partial charge in [-0.05, 0) is 48.7 Å². The van der Waals surface area contributed by atoms with Crippen molar-refractivity contribution in [3.05, 3.63) is 101 Å². The minimum atomic E-state index is -0.604. The van der Waals surface area contributed by atoms with Crippen LogP contribution in [0, 0.1) is 6.92 Å². The number of rotatable bonds is 7. The number of ether oxygens (including phenoxy) is 1. The Morgan fingerprint density at radius 2 is 1.46 bits per heavy atom. The van der Waals surface area contributed by atoms with Gasteiger partial charge >= 0.3 is 0 Å². The highest BCUT2D eigenvalue weighted by Gasteiger charge is 2.23. The third kappa shape index (κ3) is 5.37. The molecule has 144 valence electrons. The molecule has 0 aromatic heterocycles. The predicted molar refractivity (Wildman–Crippen MR) is 113 cm³/mol. The van der Waals surface area contributed by atoms with Gasteiger partial charge in [0, 0.05) is 18.1 Å². The van der Waals surface area contributed by atoms with Crippen LogP contribution < -0.4 is 4.74 Å². The summed E-state index contributed by atoms with van der Waals surface area (Å²) >= 11 is 6.08. The van der Waals surface area contributed by atoms with Gasteiger partial charge in [-0.3, -0.25) is 4.79 Å². The number of halogens is 1. The van der Waals surface area contributed by atoms with Crippen LogP contribution in [-0.4, -0.2) is 16.9 Å². The Morgan fingerprint density at radius 1 is 0.929 bits per heavy atom. The molecule has 0 radical (unpaired) electrons. The molecule has 0 saturated heterocycles. The Labute approximate surface area is 171 Å². The number of hydrogen-bond donors (Lipinski definition) is 0. The van der Waals surface area contributed by atoms with E-state index < -0.39 is 6.10 Å². The summed E-state index contributed by atoms with van der Waals surface area (Å²) < 4.78 is 5.92. The maximum atomic E-state index is 13.2. The van der Waals surface area contributed by atoms with Gasteiger partial charge in [0.05, 0.1) is 0 Å². The molecule has 3 aromatic carbocycles. The van der Waals surface area contributed by atoms with E-state index in [1.165, 1.54) is 0 Å². The summed E-state index contributed by atoms with van der Waals surface area (Å²) in [6.07, 6.45) is -0.604. The maximum Gasteiger partial charge on any atom is 0.263 e. The summed E-state index contributed by atoms with van der Waals surface area (Å²) in [6, 6.07) is 25.4. The zero-order chi connectivity index (χ0) is 19.9. The number of benzene rings is 3. The van der Waals surface area contributed by atoms with Crippen LogP contribution in [0.2, 0.25) is 5.02 Å². The molecule has 0 aliphatic carbocycles. The number of aryl methyl sites for hydroxylation is 1. The highest BCUT2D eigenvalue weighted by atomic mass is 35.5. The van der Waals surface area contributed by atoms with Crippen LogP contribution in [0.25, 0.3) is 0 Å². The van der Waals surface area contributed by atoms with Crippen molar-refractivity contribution in [1.82, 2.24) is 4.90 Å². The summed E-state index contributed by atoms with van der Waals surface area (Å²) in [6.45, 7) is 4.76. The summed E-state index contributed by atoms with van der Waals surface area (Å²) in [4.78, 5) is 15.0. The highest BCUT2D eigenvalue weighted by molar-refractivity contribution is 6.31. The first kappa shape index (κ1) is 20.0. The first-order chi connectivity index (χ1) is 13.5. The Balaban J connectivity index is 1.77. The van der Waals surface area contributed by atoms with Crippen molar-refractivity contribution in [3.8, 4) is 5.75 Å². The van der Waals surface area contributed by atoms with E-state index in [1.54, 1.807) is 19.1 Å². The average Bonchev–Trinajstić information content (AvgIpc) is 2.71. The smallest absolute Gasteiger partial charge is 0.263 e. The predicted octanol–water partition coefficient (Wildman–Crippen LogP) is 5.64. The third-order valence-corrected chi connectivity index (χ3v) is 4.96. The van der Waals surface area contributed by atoms with E-state index in [4.69, 9.17) is 16.3 Å². The summed E-state index contributed by atoms with van der Waals surface area (Å²) in [7, 11) is 0. The zero-order valence-electron chi connectivity index (χ0n) is 16.1. The lowest BCUT2D eigenvalue weighted by Crippen LogP contribution is -2.39. The van der Waals surface area contributed by atoms with Crippen LogP contribution >= 0.6 is 11.6 Å². The van der Waals surface area contributed by atoms with Gasteiger partial charge in [-0.15, -0.1) is 0 Å². The van der Waals surface area contributed by atoms with E-state index in [2.05, 4.69) is 0 Å². The van der Waals surface area contributed by atoms with Crippen LogP contribution in [0.5, 0.6) is 5.75 Å². The Hall–Kier alpha value is -2.78. The van der Waals surface area contributed by atoms with Gasteiger partial charge in [0.25, 0.3) is 5.91 Å². The van der Waals surface area contributed by atoms with E-state index in [0.717, 1.165) is 16.7 Å².